The summed E-state index contributed by atoms with van der Waals surface area (Å²) in [7, 11) is 2.96. The molecule has 0 aliphatic heterocycles. The molecule has 0 spiro atoms. The third-order valence-electron chi connectivity index (χ3n) is 5.23. The zero-order chi connectivity index (χ0) is 21.4. The largest absolute Gasteiger partial charge is 0.361 e. The Kier molecular flexibility index (Phi) is 5.15. The molecule has 1 N–H and O–H groups in total. The number of aromatic amines is 1. The van der Waals surface area contributed by atoms with Gasteiger partial charge in [-0.2, -0.15) is 5.10 Å². The summed E-state index contributed by atoms with van der Waals surface area (Å²) in [4.78, 5) is 29.3. The molecule has 3 heterocycles. The maximum Gasteiger partial charge on any atom is 0.335 e. The predicted octanol–water partition coefficient (Wildman–Crippen LogP) is 2.67. The molecule has 0 amide bonds. The molecule has 3 aromatic heterocycles. The van der Waals surface area contributed by atoms with Crippen LogP contribution in [0.3, 0.4) is 0 Å². The number of nitrogens with one attached hydrogen (secondary N) is 1. The maximum atomic E-state index is 13.1. The van der Waals surface area contributed by atoms with Crippen molar-refractivity contribution in [3.8, 4) is 16.9 Å². The number of hydrogen-bond donors (Lipinski definition) is 1. The normalized spacial score (nSPS) is 13.6. The van der Waals surface area contributed by atoms with Gasteiger partial charge in [0.15, 0.2) is 0 Å². The summed E-state index contributed by atoms with van der Waals surface area (Å²) in [6, 6.07) is 11.5. The molecule has 4 rings (SSSR count). The second kappa shape index (κ2) is 7.77. The number of nitrogens with zero attached hydrogens (tertiary/aromatic N) is 4. The molecule has 1 aromatic carbocycles. The number of methoxy groups -OCH3 is 2. The fourth-order valence-corrected chi connectivity index (χ4v) is 3.45. The summed E-state index contributed by atoms with van der Waals surface area (Å²) in [5.41, 5.74) is 2.17. The van der Waals surface area contributed by atoms with Gasteiger partial charge in [0.1, 0.15) is 18.0 Å². The van der Waals surface area contributed by atoms with Crippen molar-refractivity contribution in [2.24, 2.45) is 0 Å². The van der Waals surface area contributed by atoms with Gasteiger partial charge in [-0.1, -0.05) is 18.2 Å². The minimum absolute atomic E-state index is 0.296. The van der Waals surface area contributed by atoms with Gasteiger partial charge in [-0.25, -0.2) is 14.0 Å². The number of benzene rings is 1. The van der Waals surface area contributed by atoms with Gasteiger partial charge in [-0.3, -0.25) is 9.36 Å². The van der Waals surface area contributed by atoms with Crippen molar-refractivity contribution in [3.05, 3.63) is 69.6 Å². The standard InChI is InChI=1S/C21H23N5O4/c1-13(29-3)25-18-10-17(15-11-22-24(12-15)16-8-6-5-7-9-16)23-19(18)20(27)26(21(25)28)14(2)30-4/h5-14,23H,1-4H3. The highest BCUT2D eigenvalue weighted by atomic mass is 16.5. The number of hydrogen-bond acceptors (Lipinski definition) is 5. The van der Waals surface area contributed by atoms with Crippen molar-refractivity contribution in [2.75, 3.05) is 14.2 Å². The van der Waals surface area contributed by atoms with Crippen LogP contribution in [0.25, 0.3) is 28.0 Å². The lowest BCUT2D eigenvalue weighted by molar-refractivity contribution is 0.0377. The monoisotopic (exact) mass is 409 g/mol. The molecule has 2 atom stereocenters. The fraction of sp³-hybridized carbons (Fsp3) is 0.286. The molecule has 9 nitrogen and oxygen atoms in total. The van der Waals surface area contributed by atoms with Crippen LogP contribution < -0.4 is 11.2 Å². The third-order valence-corrected chi connectivity index (χ3v) is 5.23. The van der Waals surface area contributed by atoms with Crippen LogP contribution in [-0.4, -0.2) is 38.1 Å². The first-order chi connectivity index (χ1) is 14.5. The van der Waals surface area contributed by atoms with E-state index >= 15 is 0 Å². The highest BCUT2D eigenvalue weighted by Crippen LogP contribution is 2.24. The van der Waals surface area contributed by atoms with E-state index in [-0.39, 0.29) is 0 Å². The van der Waals surface area contributed by atoms with E-state index in [0.717, 1.165) is 15.8 Å². The van der Waals surface area contributed by atoms with Gasteiger partial charge in [0.25, 0.3) is 5.56 Å². The summed E-state index contributed by atoms with van der Waals surface area (Å²) < 4.78 is 14.9. The van der Waals surface area contributed by atoms with Crippen LogP contribution in [0.5, 0.6) is 0 Å². The Morgan fingerprint density at radius 3 is 2.33 bits per heavy atom. The number of rotatable bonds is 6. The highest BCUT2D eigenvalue weighted by molar-refractivity contribution is 5.82. The summed E-state index contributed by atoms with van der Waals surface area (Å²) in [6.45, 7) is 3.39. The molecule has 2 unspecified atom stereocenters. The Labute approximate surface area is 172 Å². The number of H-pyrrole nitrogens is 1. The van der Waals surface area contributed by atoms with Crippen LogP contribution in [0.2, 0.25) is 0 Å². The first kappa shape index (κ1) is 19.9. The Morgan fingerprint density at radius 1 is 1.00 bits per heavy atom. The lowest BCUT2D eigenvalue weighted by Gasteiger charge is -2.19. The van der Waals surface area contributed by atoms with E-state index in [0.29, 0.717) is 16.7 Å². The molecule has 0 saturated heterocycles. The minimum atomic E-state index is -0.725. The fourth-order valence-electron chi connectivity index (χ4n) is 3.45. The first-order valence-corrected chi connectivity index (χ1v) is 9.52. The molecule has 0 aliphatic carbocycles. The second-order valence-corrected chi connectivity index (χ2v) is 6.95. The minimum Gasteiger partial charge on any atom is -0.361 e. The molecule has 0 radical (unpaired) electrons. The van der Waals surface area contributed by atoms with Crippen molar-refractivity contribution in [3.63, 3.8) is 0 Å². The molecular formula is C21H23N5O4. The van der Waals surface area contributed by atoms with Gasteiger partial charge < -0.3 is 14.5 Å². The summed E-state index contributed by atoms with van der Waals surface area (Å²) in [5.74, 6) is 0. The number of fused-ring (bicyclic) bond motifs is 1. The summed E-state index contributed by atoms with van der Waals surface area (Å²) in [6.07, 6.45) is 2.26. The van der Waals surface area contributed by atoms with Crippen LogP contribution in [0, 0.1) is 0 Å². The number of aromatic nitrogens is 5. The van der Waals surface area contributed by atoms with Crippen LogP contribution >= 0.6 is 0 Å². The zero-order valence-electron chi connectivity index (χ0n) is 17.2. The van der Waals surface area contributed by atoms with Gasteiger partial charge in [-0.05, 0) is 32.0 Å². The Hall–Kier alpha value is -3.43. The van der Waals surface area contributed by atoms with E-state index in [2.05, 4.69) is 10.1 Å². The van der Waals surface area contributed by atoms with Crippen molar-refractivity contribution < 1.29 is 9.47 Å². The van der Waals surface area contributed by atoms with Crippen LogP contribution in [0.4, 0.5) is 0 Å². The third kappa shape index (κ3) is 3.17. The van der Waals surface area contributed by atoms with Crippen molar-refractivity contribution in [1.29, 1.82) is 0 Å². The Balaban J connectivity index is 1.93. The van der Waals surface area contributed by atoms with Crippen LogP contribution in [0.15, 0.2) is 58.4 Å². The quantitative estimate of drug-likeness (QED) is 0.528. The lowest BCUT2D eigenvalue weighted by atomic mass is 10.2. The molecule has 156 valence electrons. The first-order valence-electron chi connectivity index (χ1n) is 9.52. The molecule has 0 saturated carbocycles. The molecule has 30 heavy (non-hydrogen) atoms. The molecular weight excluding hydrogens is 386 g/mol. The van der Waals surface area contributed by atoms with Gasteiger partial charge in [0.05, 0.1) is 23.1 Å². The van der Waals surface area contributed by atoms with E-state index in [1.165, 1.54) is 18.8 Å². The van der Waals surface area contributed by atoms with Gasteiger partial charge >= 0.3 is 5.69 Å². The van der Waals surface area contributed by atoms with Crippen LogP contribution in [0.1, 0.15) is 26.3 Å². The number of para-hydroxylation sites is 1. The van der Waals surface area contributed by atoms with Gasteiger partial charge in [0.2, 0.25) is 0 Å². The van der Waals surface area contributed by atoms with Gasteiger partial charge in [0, 0.05) is 26.0 Å². The summed E-state index contributed by atoms with van der Waals surface area (Å²) >= 11 is 0. The van der Waals surface area contributed by atoms with Gasteiger partial charge in [-0.15, -0.1) is 0 Å². The lowest BCUT2D eigenvalue weighted by Crippen LogP contribution is -2.43. The maximum absolute atomic E-state index is 13.1. The molecule has 0 aliphatic rings. The average molecular weight is 409 g/mol. The Morgan fingerprint density at radius 2 is 1.67 bits per heavy atom. The molecule has 0 bridgehead atoms. The average Bonchev–Trinajstić information content (AvgIpc) is 3.41. The van der Waals surface area contributed by atoms with Crippen molar-refractivity contribution in [2.45, 2.75) is 26.3 Å². The Bertz CT molecular complexity index is 1300. The van der Waals surface area contributed by atoms with E-state index in [1.54, 1.807) is 30.8 Å². The molecule has 4 aromatic rings. The van der Waals surface area contributed by atoms with Crippen LogP contribution in [-0.2, 0) is 9.47 Å². The number of ether oxygens (including phenoxy) is 2. The van der Waals surface area contributed by atoms with E-state index in [1.807, 2.05) is 36.5 Å². The molecule has 9 heteroatoms. The van der Waals surface area contributed by atoms with E-state index in [9.17, 15) is 9.59 Å². The predicted molar refractivity (Wildman–Crippen MR) is 113 cm³/mol. The smallest absolute Gasteiger partial charge is 0.335 e. The summed E-state index contributed by atoms with van der Waals surface area (Å²) in [5, 5.41) is 4.41. The topological polar surface area (TPSA) is 96.1 Å². The van der Waals surface area contributed by atoms with E-state index in [4.69, 9.17) is 9.47 Å². The highest BCUT2D eigenvalue weighted by Gasteiger charge is 2.22. The zero-order valence-corrected chi connectivity index (χ0v) is 17.2. The van der Waals surface area contributed by atoms with Crippen molar-refractivity contribution >= 4 is 11.0 Å². The SMILES string of the molecule is COC(C)n1c(=O)c2[nH]c(-c3cnn(-c4ccccc4)c3)cc2n(C(C)OC)c1=O. The molecule has 0 fully saturated rings. The van der Waals surface area contributed by atoms with E-state index < -0.39 is 23.7 Å². The second-order valence-electron chi connectivity index (χ2n) is 6.95. The van der Waals surface area contributed by atoms with Crippen molar-refractivity contribution in [1.82, 2.24) is 23.9 Å².